The van der Waals surface area contributed by atoms with E-state index in [4.69, 9.17) is 11.6 Å². The Bertz CT molecular complexity index is 527. The summed E-state index contributed by atoms with van der Waals surface area (Å²) in [6.07, 6.45) is 4.29. The van der Waals surface area contributed by atoms with Crippen LogP contribution in [0.4, 0.5) is 5.69 Å². The van der Waals surface area contributed by atoms with Crippen molar-refractivity contribution in [2.24, 2.45) is 0 Å². The van der Waals surface area contributed by atoms with Crippen molar-refractivity contribution >= 4 is 23.2 Å². The first-order valence-electron chi connectivity index (χ1n) is 6.79. The summed E-state index contributed by atoms with van der Waals surface area (Å²) in [6, 6.07) is 4.48. The van der Waals surface area contributed by atoms with E-state index in [2.05, 4.69) is 0 Å². The standard InChI is InChI=1S/C14H17ClN2O3/c1-2-16(11-5-3-4-6-11)14(18)10-7-8-12(15)13(9-10)17(19)20/h7-9,11H,2-6H2,1H3. The summed E-state index contributed by atoms with van der Waals surface area (Å²) in [5.74, 6) is -0.154. The van der Waals surface area contributed by atoms with Gasteiger partial charge in [-0.3, -0.25) is 14.9 Å². The van der Waals surface area contributed by atoms with Crippen molar-refractivity contribution in [2.75, 3.05) is 6.54 Å². The molecule has 0 unspecified atom stereocenters. The molecule has 1 aliphatic rings. The van der Waals surface area contributed by atoms with E-state index in [1.807, 2.05) is 6.92 Å². The van der Waals surface area contributed by atoms with Gasteiger partial charge in [0.25, 0.3) is 11.6 Å². The zero-order chi connectivity index (χ0) is 14.7. The lowest BCUT2D eigenvalue weighted by atomic mass is 10.1. The molecular weight excluding hydrogens is 280 g/mol. The minimum atomic E-state index is -0.565. The number of amides is 1. The molecule has 6 heteroatoms. The lowest BCUT2D eigenvalue weighted by Crippen LogP contribution is -2.38. The summed E-state index contributed by atoms with van der Waals surface area (Å²) >= 11 is 5.77. The van der Waals surface area contributed by atoms with Crippen LogP contribution in [0, 0.1) is 10.1 Å². The molecule has 20 heavy (non-hydrogen) atoms. The zero-order valence-corrected chi connectivity index (χ0v) is 12.1. The molecule has 1 aromatic carbocycles. The first-order chi connectivity index (χ1) is 9.54. The van der Waals surface area contributed by atoms with Crippen molar-refractivity contribution in [1.29, 1.82) is 0 Å². The summed E-state index contributed by atoms with van der Waals surface area (Å²) in [5, 5.41) is 10.9. The fourth-order valence-corrected chi connectivity index (χ4v) is 2.92. The van der Waals surface area contributed by atoms with Gasteiger partial charge in [0.15, 0.2) is 0 Å². The van der Waals surface area contributed by atoms with Crippen LogP contribution in [0.25, 0.3) is 0 Å². The number of benzene rings is 1. The van der Waals surface area contributed by atoms with Gasteiger partial charge in [-0.25, -0.2) is 0 Å². The van der Waals surface area contributed by atoms with E-state index >= 15 is 0 Å². The number of nitrogens with zero attached hydrogens (tertiary/aromatic N) is 2. The van der Waals surface area contributed by atoms with Crippen molar-refractivity contribution in [2.45, 2.75) is 38.6 Å². The number of carbonyl (C=O) groups excluding carboxylic acids is 1. The number of halogens is 1. The van der Waals surface area contributed by atoms with Crippen LogP contribution in [0.5, 0.6) is 0 Å². The van der Waals surface area contributed by atoms with Crippen LogP contribution in [0.3, 0.4) is 0 Å². The summed E-state index contributed by atoms with van der Waals surface area (Å²) in [4.78, 5) is 24.6. The van der Waals surface area contributed by atoms with Crippen LogP contribution >= 0.6 is 11.6 Å². The third kappa shape index (κ3) is 2.93. The molecule has 1 amide bonds. The van der Waals surface area contributed by atoms with E-state index in [0.29, 0.717) is 12.1 Å². The second kappa shape index (κ2) is 6.22. The molecule has 0 saturated heterocycles. The highest BCUT2D eigenvalue weighted by molar-refractivity contribution is 6.32. The van der Waals surface area contributed by atoms with E-state index in [9.17, 15) is 14.9 Å². The van der Waals surface area contributed by atoms with Crippen molar-refractivity contribution in [3.8, 4) is 0 Å². The van der Waals surface area contributed by atoms with Gasteiger partial charge >= 0.3 is 0 Å². The molecule has 1 fully saturated rings. The molecule has 0 atom stereocenters. The van der Waals surface area contributed by atoms with Crippen molar-refractivity contribution in [1.82, 2.24) is 4.90 Å². The minimum absolute atomic E-state index is 0.0514. The van der Waals surface area contributed by atoms with Crippen LogP contribution in [0.15, 0.2) is 18.2 Å². The van der Waals surface area contributed by atoms with E-state index in [1.54, 1.807) is 11.0 Å². The summed E-state index contributed by atoms with van der Waals surface area (Å²) in [5.41, 5.74) is 0.106. The van der Waals surface area contributed by atoms with Gasteiger partial charge in [0.05, 0.1) is 4.92 Å². The molecule has 0 N–H and O–H groups in total. The van der Waals surface area contributed by atoms with Crippen molar-refractivity contribution in [3.63, 3.8) is 0 Å². The normalized spacial score (nSPS) is 15.3. The highest BCUT2D eigenvalue weighted by atomic mass is 35.5. The Morgan fingerprint density at radius 3 is 2.65 bits per heavy atom. The van der Waals surface area contributed by atoms with Crippen LogP contribution in [0.1, 0.15) is 43.0 Å². The molecular formula is C14H17ClN2O3. The summed E-state index contributed by atoms with van der Waals surface area (Å²) < 4.78 is 0. The Morgan fingerprint density at radius 1 is 1.45 bits per heavy atom. The fourth-order valence-electron chi connectivity index (χ4n) is 2.73. The number of carbonyl (C=O) groups is 1. The topological polar surface area (TPSA) is 63.5 Å². The lowest BCUT2D eigenvalue weighted by Gasteiger charge is -2.27. The first-order valence-corrected chi connectivity index (χ1v) is 7.17. The number of nitro groups is 1. The minimum Gasteiger partial charge on any atom is -0.336 e. The average Bonchev–Trinajstić information content (AvgIpc) is 2.93. The predicted molar refractivity (Wildman–Crippen MR) is 77.1 cm³/mol. The molecule has 1 aliphatic carbocycles. The van der Waals surface area contributed by atoms with Gasteiger partial charge in [-0.1, -0.05) is 24.4 Å². The smallest absolute Gasteiger partial charge is 0.288 e. The number of hydrogen-bond donors (Lipinski definition) is 0. The first kappa shape index (κ1) is 14.8. The van der Waals surface area contributed by atoms with Gasteiger partial charge in [-0.2, -0.15) is 0 Å². The second-order valence-electron chi connectivity index (χ2n) is 4.95. The maximum absolute atomic E-state index is 12.5. The Morgan fingerprint density at radius 2 is 2.10 bits per heavy atom. The predicted octanol–water partition coefficient (Wildman–Crippen LogP) is 3.65. The van der Waals surface area contributed by atoms with Gasteiger partial charge in [0.1, 0.15) is 5.02 Å². The third-order valence-corrected chi connectivity index (χ3v) is 4.08. The molecule has 0 aromatic heterocycles. The average molecular weight is 297 g/mol. The van der Waals surface area contributed by atoms with Gasteiger partial charge in [0, 0.05) is 24.2 Å². The Labute approximate surface area is 122 Å². The van der Waals surface area contributed by atoms with E-state index in [0.717, 1.165) is 25.7 Å². The number of nitro benzene ring substituents is 1. The molecule has 0 bridgehead atoms. The van der Waals surface area contributed by atoms with E-state index in [1.165, 1.54) is 12.1 Å². The highest BCUT2D eigenvalue weighted by Crippen LogP contribution is 2.28. The summed E-state index contributed by atoms with van der Waals surface area (Å²) in [6.45, 7) is 2.54. The van der Waals surface area contributed by atoms with Crippen molar-refractivity contribution < 1.29 is 9.72 Å². The summed E-state index contributed by atoms with van der Waals surface area (Å²) in [7, 11) is 0. The van der Waals surface area contributed by atoms with Crippen LogP contribution in [0.2, 0.25) is 5.02 Å². The van der Waals surface area contributed by atoms with E-state index < -0.39 is 4.92 Å². The largest absolute Gasteiger partial charge is 0.336 e. The molecule has 0 aliphatic heterocycles. The van der Waals surface area contributed by atoms with Crippen LogP contribution in [-0.2, 0) is 0 Å². The van der Waals surface area contributed by atoms with Crippen LogP contribution < -0.4 is 0 Å². The Balaban J connectivity index is 2.27. The monoisotopic (exact) mass is 296 g/mol. The highest BCUT2D eigenvalue weighted by Gasteiger charge is 2.27. The van der Waals surface area contributed by atoms with Gasteiger partial charge in [0.2, 0.25) is 0 Å². The number of rotatable bonds is 4. The molecule has 1 saturated carbocycles. The lowest BCUT2D eigenvalue weighted by molar-refractivity contribution is -0.384. The molecule has 0 radical (unpaired) electrons. The molecule has 2 rings (SSSR count). The Hall–Kier alpha value is -1.62. The molecule has 108 valence electrons. The van der Waals surface area contributed by atoms with Gasteiger partial charge in [-0.15, -0.1) is 0 Å². The third-order valence-electron chi connectivity index (χ3n) is 3.76. The zero-order valence-electron chi connectivity index (χ0n) is 11.3. The maximum Gasteiger partial charge on any atom is 0.288 e. The van der Waals surface area contributed by atoms with E-state index in [-0.39, 0.29) is 22.7 Å². The van der Waals surface area contributed by atoms with Gasteiger partial charge < -0.3 is 4.90 Å². The Kier molecular flexibility index (Phi) is 4.60. The molecule has 1 aromatic rings. The number of hydrogen-bond acceptors (Lipinski definition) is 3. The van der Waals surface area contributed by atoms with Crippen LogP contribution in [-0.4, -0.2) is 28.3 Å². The maximum atomic E-state index is 12.5. The molecule has 5 nitrogen and oxygen atoms in total. The van der Waals surface area contributed by atoms with Crippen molar-refractivity contribution in [3.05, 3.63) is 38.9 Å². The quantitative estimate of drug-likeness (QED) is 0.629. The second-order valence-corrected chi connectivity index (χ2v) is 5.36. The fraction of sp³-hybridized carbons (Fsp3) is 0.500. The van der Waals surface area contributed by atoms with Gasteiger partial charge in [-0.05, 0) is 31.9 Å². The molecule has 0 spiro atoms. The SMILES string of the molecule is CCN(C(=O)c1ccc(Cl)c([N+](=O)[O-])c1)C1CCCC1. The molecule has 0 heterocycles.